The van der Waals surface area contributed by atoms with Crippen molar-refractivity contribution in [1.82, 2.24) is 0 Å². The van der Waals surface area contributed by atoms with E-state index in [4.69, 9.17) is 0 Å². The molecule has 0 unspecified atom stereocenters. The second kappa shape index (κ2) is 7.60. The van der Waals surface area contributed by atoms with Gasteiger partial charge in [-0.3, -0.25) is 4.79 Å². The molecule has 0 aliphatic heterocycles. The monoisotopic (exact) mass is 167 g/mol. The average Bonchev–Trinajstić information content (AvgIpc) is 2.19. The smallest absolute Gasteiger partial charge is 0.320 e. The van der Waals surface area contributed by atoms with Gasteiger partial charge in [0.2, 0.25) is 0 Å². The molecule has 3 nitrogen and oxygen atoms in total. The Morgan fingerprint density at radius 1 is 1.25 bits per heavy atom. The third kappa shape index (κ3) is 4.33. The fourth-order valence-electron chi connectivity index (χ4n) is 0.598. The maximum absolute atomic E-state index is 9.69. The number of hydrogen-bond acceptors (Lipinski definition) is 3. The fraction of sp³-hybridized carbons (Fsp3) is 0.222. The zero-order chi connectivity index (χ0) is 9.23. The molecule has 1 N–H and O–H groups in total. The molecule has 0 aliphatic carbocycles. The lowest BCUT2D eigenvalue weighted by molar-refractivity contribution is -0.126. The molecule has 12 heavy (non-hydrogen) atoms. The van der Waals surface area contributed by atoms with E-state index < -0.39 is 0 Å². The predicted molar refractivity (Wildman–Crippen MR) is 48.6 cm³/mol. The lowest BCUT2D eigenvalue weighted by Crippen LogP contribution is -1.97. The first-order valence-electron chi connectivity index (χ1n) is 3.84. The molecule has 0 atom stereocenters. The van der Waals surface area contributed by atoms with Gasteiger partial charge >= 0.3 is 6.47 Å². The van der Waals surface area contributed by atoms with Crippen LogP contribution in [0.2, 0.25) is 0 Å². The van der Waals surface area contributed by atoms with E-state index >= 15 is 0 Å². The largest absolute Gasteiger partial charge is 0.347 e. The van der Waals surface area contributed by atoms with Crippen molar-refractivity contribution in [3.05, 3.63) is 30.3 Å². The lowest BCUT2D eigenvalue weighted by Gasteiger charge is -1.99. The quantitative estimate of drug-likeness (QED) is 0.554. The van der Waals surface area contributed by atoms with Gasteiger partial charge in [-0.1, -0.05) is 32.0 Å². The maximum atomic E-state index is 9.69. The van der Waals surface area contributed by atoms with E-state index in [2.05, 4.69) is 10.3 Å². The first-order chi connectivity index (χ1) is 5.93. The lowest BCUT2D eigenvalue weighted by atomic mass is 10.3. The van der Waals surface area contributed by atoms with Crippen LogP contribution in [0.5, 0.6) is 0 Å². The summed E-state index contributed by atoms with van der Waals surface area (Å²) < 4.78 is 0. The standard InChI is InChI=1S/C7H7NO2.C2H6/c9-6-10-8-7-4-2-1-3-5-7;1-2/h1-6,8H;1-2H3. The van der Waals surface area contributed by atoms with Gasteiger partial charge in [-0.05, 0) is 12.1 Å². The zero-order valence-corrected chi connectivity index (χ0v) is 7.28. The van der Waals surface area contributed by atoms with Crippen LogP contribution in [0.3, 0.4) is 0 Å². The SMILES string of the molecule is CC.O=CONc1ccccc1. The molecule has 0 aliphatic rings. The topological polar surface area (TPSA) is 38.3 Å². The molecule has 0 saturated heterocycles. The Morgan fingerprint density at radius 2 is 1.83 bits per heavy atom. The van der Waals surface area contributed by atoms with Crippen LogP contribution < -0.4 is 5.48 Å². The van der Waals surface area contributed by atoms with Gasteiger partial charge in [0, 0.05) is 0 Å². The number of para-hydroxylation sites is 1. The van der Waals surface area contributed by atoms with Gasteiger partial charge in [-0.25, -0.2) is 5.48 Å². The summed E-state index contributed by atoms with van der Waals surface area (Å²) in [5.74, 6) is 0. The molecule has 0 amide bonds. The van der Waals surface area contributed by atoms with Crippen molar-refractivity contribution in [2.45, 2.75) is 13.8 Å². The molecule has 1 aromatic rings. The zero-order valence-electron chi connectivity index (χ0n) is 7.28. The Balaban J connectivity index is 0.000000561. The molecule has 0 radical (unpaired) electrons. The van der Waals surface area contributed by atoms with Crippen molar-refractivity contribution in [2.24, 2.45) is 0 Å². The second-order valence-corrected chi connectivity index (χ2v) is 1.68. The summed E-state index contributed by atoms with van der Waals surface area (Å²) in [4.78, 5) is 14.0. The van der Waals surface area contributed by atoms with Crippen LogP contribution in [0, 0.1) is 0 Å². The summed E-state index contributed by atoms with van der Waals surface area (Å²) in [6.45, 7) is 4.34. The highest BCUT2D eigenvalue weighted by Gasteiger charge is 1.84. The van der Waals surface area contributed by atoms with Crippen LogP contribution in [0.4, 0.5) is 5.69 Å². The molecule has 0 spiro atoms. The summed E-state index contributed by atoms with van der Waals surface area (Å²) in [5, 5.41) is 0. The highest BCUT2D eigenvalue weighted by atomic mass is 16.7. The predicted octanol–water partition coefficient (Wildman–Crippen LogP) is 2.21. The van der Waals surface area contributed by atoms with Gasteiger partial charge < -0.3 is 4.84 Å². The van der Waals surface area contributed by atoms with E-state index in [1.165, 1.54) is 0 Å². The molecule has 0 saturated carbocycles. The van der Waals surface area contributed by atoms with Gasteiger partial charge in [0.25, 0.3) is 0 Å². The van der Waals surface area contributed by atoms with Gasteiger partial charge in [-0.2, -0.15) is 0 Å². The van der Waals surface area contributed by atoms with Crippen LogP contribution in [-0.4, -0.2) is 6.47 Å². The number of anilines is 1. The van der Waals surface area contributed by atoms with Crippen LogP contribution >= 0.6 is 0 Å². The van der Waals surface area contributed by atoms with Crippen LogP contribution in [0.25, 0.3) is 0 Å². The summed E-state index contributed by atoms with van der Waals surface area (Å²) >= 11 is 0. The first kappa shape index (κ1) is 10.5. The Kier molecular flexibility index (Phi) is 6.64. The van der Waals surface area contributed by atoms with E-state index in [0.29, 0.717) is 6.47 Å². The molecule has 0 fully saturated rings. The number of hydrogen-bond donors (Lipinski definition) is 1. The van der Waals surface area contributed by atoms with Crippen LogP contribution in [0.15, 0.2) is 30.3 Å². The summed E-state index contributed by atoms with van der Waals surface area (Å²) in [6.07, 6.45) is 0. The molecule has 0 aromatic heterocycles. The van der Waals surface area contributed by atoms with Crippen LogP contribution in [0.1, 0.15) is 13.8 Å². The number of rotatable bonds is 3. The number of nitrogens with one attached hydrogen (secondary N) is 1. The van der Waals surface area contributed by atoms with Crippen LogP contribution in [-0.2, 0) is 9.63 Å². The minimum atomic E-state index is 0.340. The first-order valence-corrected chi connectivity index (χ1v) is 3.84. The van der Waals surface area contributed by atoms with Crippen molar-refractivity contribution in [2.75, 3.05) is 5.48 Å². The Hall–Kier alpha value is -1.51. The van der Waals surface area contributed by atoms with Gasteiger partial charge in [0.05, 0.1) is 5.69 Å². The van der Waals surface area contributed by atoms with E-state index in [0.717, 1.165) is 5.69 Å². The minimum Gasteiger partial charge on any atom is -0.347 e. The van der Waals surface area contributed by atoms with Gasteiger partial charge in [0.15, 0.2) is 0 Å². The molecule has 1 rings (SSSR count). The molecule has 0 heterocycles. The molecule has 1 aromatic carbocycles. The second-order valence-electron chi connectivity index (χ2n) is 1.68. The van der Waals surface area contributed by atoms with E-state index in [9.17, 15) is 4.79 Å². The maximum Gasteiger partial charge on any atom is 0.320 e. The third-order valence-corrected chi connectivity index (χ3v) is 0.999. The number of benzene rings is 1. The summed E-state index contributed by atoms with van der Waals surface area (Å²) in [6, 6.07) is 9.16. The normalized spacial score (nSPS) is 7.50. The highest BCUT2D eigenvalue weighted by Crippen LogP contribution is 2.03. The van der Waals surface area contributed by atoms with E-state index in [1.807, 2.05) is 32.0 Å². The molecule has 0 bridgehead atoms. The average molecular weight is 167 g/mol. The van der Waals surface area contributed by atoms with E-state index in [-0.39, 0.29) is 0 Å². The van der Waals surface area contributed by atoms with Crippen molar-refractivity contribution in [3.8, 4) is 0 Å². The molecular weight excluding hydrogens is 154 g/mol. The minimum absolute atomic E-state index is 0.340. The summed E-state index contributed by atoms with van der Waals surface area (Å²) in [7, 11) is 0. The number of carbonyl (C=O) groups excluding carboxylic acids is 1. The molecule has 3 heteroatoms. The van der Waals surface area contributed by atoms with E-state index in [1.54, 1.807) is 12.1 Å². The van der Waals surface area contributed by atoms with Crippen molar-refractivity contribution in [3.63, 3.8) is 0 Å². The fourth-order valence-corrected chi connectivity index (χ4v) is 0.598. The van der Waals surface area contributed by atoms with Crippen molar-refractivity contribution >= 4 is 12.2 Å². The van der Waals surface area contributed by atoms with Gasteiger partial charge in [0.1, 0.15) is 0 Å². The molecular formula is C9H13NO2. The highest BCUT2D eigenvalue weighted by molar-refractivity contribution is 5.45. The number of carbonyl (C=O) groups is 1. The Labute approximate surface area is 72.3 Å². The van der Waals surface area contributed by atoms with Crippen molar-refractivity contribution < 1.29 is 9.63 Å². The third-order valence-electron chi connectivity index (χ3n) is 0.999. The Morgan fingerprint density at radius 3 is 2.33 bits per heavy atom. The summed E-state index contributed by atoms with van der Waals surface area (Å²) in [5.41, 5.74) is 3.19. The Bertz CT molecular complexity index is 199. The molecule has 66 valence electrons. The van der Waals surface area contributed by atoms with Gasteiger partial charge in [-0.15, -0.1) is 0 Å². The van der Waals surface area contributed by atoms with Crippen molar-refractivity contribution in [1.29, 1.82) is 0 Å².